The number of carboxylic acid groups (broad SMARTS) is 1. The van der Waals surface area contributed by atoms with Crippen LogP contribution in [0.1, 0.15) is 14.2 Å². The molecule has 1 unspecified atom stereocenters. The molecule has 0 aliphatic carbocycles. The summed E-state index contributed by atoms with van der Waals surface area (Å²) in [6.07, 6.45) is -28.3. The van der Waals surface area contributed by atoms with Gasteiger partial charge in [-0.1, -0.05) is 0 Å². The minimum atomic E-state index is -8.92. The second-order valence-corrected chi connectivity index (χ2v) is 7.65. The van der Waals surface area contributed by atoms with Crippen molar-refractivity contribution in [1.29, 1.82) is 0 Å². The van der Waals surface area contributed by atoms with Crippen molar-refractivity contribution < 1.29 is 111 Å². The third-order valence-electron chi connectivity index (χ3n) is 4.89. The van der Waals surface area contributed by atoms with E-state index in [9.17, 15) is 99.5 Å². The Balaban J connectivity index is 6.47. The summed E-state index contributed by atoms with van der Waals surface area (Å²) in [6.45, 7) is 0. The number of Topliss-reactive ketones (excluding diaryl/α,β-unsaturated/α-hetero) is 1. The Hall–Kier alpha value is -2.21. The second kappa shape index (κ2) is 10.9. The van der Waals surface area contributed by atoms with Crippen LogP contribution >= 0.6 is 0 Å². The number of alkyl halides is 17. The summed E-state index contributed by atoms with van der Waals surface area (Å²) >= 11 is 0. The highest BCUT2D eigenvalue weighted by molar-refractivity contribution is 5.83. The zero-order valence-corrected chi connectivity index (χ0v) is 18.1. The molecular formula is C16H13F17O7. The molecule has 238 valence electrons. The quantitative estimate of drug-likeness (QED) is 0.184. The monoisotopic (exact) mass is 641 g/mol. The number of aliphatic hydroxyl groups excluding tert-OH is 4. The van der Waals surface area contributed by atoms with E-state index in [1.165, 1.54) is 0 Å². The minimum absolute atomic E-state index is 2.39. The van der Waals surface area contributed by atoms with Crippen molar-refractivity contribution in [3.63, 3.8) is 0 Å². The molecule has 0 aliphatic heterocycles. The minimum Gasteiger partial charge on any atom is -0.479 e. The number of halogens is 17. The van der Waals surface area contributed by atoms with Crippen molar-refractivity contribution >= 4 is 11.8 Å². The summed E-state index contributed by atoms with van der Waals surface area (Å²) in [5.41, 5.74) is 0. The van der Waals surface area contributed by atoms with Crippen molar-refractivity contribution in [2.24, 2.45) is 0 Å². The molecule has 24 heteroatoms. The fraction of sp³-hybridized carbons (Fsp3) is 0.875. The smallest absolute Gasteiger partial charge is 0.460 e. The van der Waals surface area contributed by atoms with E-state index in [2.05, 4.69) is 0 Å². The molecule has 5 atom stereocenters. The van der Waals surface area contributed by atoms with Gasteiger partial charge in [0, 0.05) is 14.2 Å². The lowest BCUT2D eigenvalue weighted by Gasteiger charge is -2.42. The predicted octanol–water partition coefficient (Wildman–Crippen LogP) is 2.87. The Morgan fingerprint density at radius 3 is 1.18 bits per heavy atom. The Morgan fingerprint density at radius 1 is 0.550 bits per heavy atom. The molecule has 0 spiro atoms. The lowest BCUT2D eigenvalue weighted by molar-refractivity contribution is -0.461. The number of hydrogen-bond donors (Lipinski definition) is 5. The highest BCUT2D eigenvalue weighted by Gasteiger charge is 2.95. The topological polar surface area (TPSA) is 135 Å². The highest BCUT2D eigenvalue weighted by Crippen LogP contribution is 2.64. The molecule has 0 amide bonds. The van der Waals surface area contributed by atoms with Crippen molar-refractivity contribution in [2.45, 2.75) is 84.9 Å². The third-order valence-corrected chi connectivity index (χ3v) is 4.89. The van der Waals surface area contributed by atoms with Crippen LogP contribution in [0.25, 0.3) is 0 Å². The van der Waals surface area contributed by atoms with Crippen molar-refractivity contribution in [3.8, 4) is 0 Å². The zero-order chi connectivity index (χ0) is 33.7. The summed E-state index contributed by atoms with van der Waals surface area (Å²) in [7, 11) is 0. The molecule has 0 saturated heterocycles. The van der Waals surface area contributed by atoms with Crippen molar-refractivity contribution in [3.05, 3.63) is 0 Å². The normalized spacial score (nSPS) is 19.4. The summed E-state index contributed by atoms with van der Waals surface area (Å²) in [6, 6.07) is 0. The number of hydrogen-bond acceptors (Lipinski definition) is 6. The number of carbonyl (C=O) groups excluding carboxylic acids is 1. The Morgan fingerprint density at radius 2 is 0.850 bits per heavy atom. The fourth-order valence-corrected chi connectivity index (χ4v) is 2.36. The molecule has 0 aromatic carbocycles. The van der Waals surface area contributed by atoms with Crippen LogP contribution in [0.4, 0.5) is 74.6 Å². The number of aliphatic hydroxyl groups is 4. The van der Waals surface area contributed by atoms with Gasteiger partial charge in [-0.05, 0) is 0 Å². The lowest BCUT2D eigenvalue weighted by atomic mass is 9.87. The van der Waals surface area contributed by atoms with Gasteiger partial charge in [-0.15, -0.1) is 0 Å². The average Bonchev–Trinajstić information content (AvgIpc) is 2.80. The first-order valence-corrected chi connectivity index (χ1v) is 9.26. The van der Waals surface area contributed by atoms with Crippen LogP contribution in [0.3, 0.4) is 0 Å². The van der Waals surface area contributed by atoms with Gasteiger partial charge in [0.2, 0.25) is 0 Å². The largest absolute Gasteiger partial charge is 0.479 e. The number of ketones is 1. The Bertz CT molecular complexity index is 971. The molecule has 5 N–H and O–H groups in total. The van der Waals surface area contributed by atoms with E-state index < -0.39 is 96.6 Å². The van der Waals surface area contributed by atoms with Gasteiger partial charge in [-0.25, -0.2) is 4.79 Å². The maximum Gasteiger partial charge on any atom is 0.460 e. The second-order valence-electron chi connectivity index (χ2n) is 7.65. The van der Waals surface area contributed by atoms with Crippen molar-refractivity contribution in [1.82, 2.24) is 0 Å². The van der Waals surface area contributed by atoms with Crippen LogP contribution in [-0.4, -0.2) is 109 Å². The SMILES string of the molecule is [2H]C(CC(=O)[C@H](O)[C@@H](O)[C@@H](O)[C@H](O)C(=O)O)C(F)(F)C(F)(F)C(F)(F)C(F)(F)C(F)(F)C(F)(F)C(F)(F)C(F)(F)F. The van der Waals surface area contributed by atoms with Crippen LogP contribution in [-0.2, 0) is 9.59 Å². The molecule has 7 nitrogen and oxygen atoms in total. The highest BCUT2D eigenvalue weighted by atomic mass is 19.4. The Kier molecular flexibility index (Phi) is 9.75. The van der Waals surface area contributed by atoms with Crippen LogP contribution < -0.4 is 0 Å². The zero-order valence-electron chi connectivity index (χ0n) is 19.1. The number of aliphatic carboxylic acids is 1. The van der Waals surface area contributed by atoms with Gasteiger partial charge in [-0.2, -0.15) is 74.6 Å². The van der Waals surface area contributed by atoms with E-state index in [-0.39, 0.29) is 0 Å². The number of rotatable bonds is 14. The molecular weight excluding hydrogens is 627 g/mol. The van der Waals surface area contributed by atoms with Crippen molar-refractivity contribution in [2.75, 3.05) is 0 Å². The summed E-state index contributed by atoms with van der Waals surface area (Å²) in [4.78, 5) is 22.1. The molecule has 0 rings (SSSR count). The molecule has 0 saturated carbocycles. The molecule has 0 bridgehead atoms. The van der Waals surface area contributed by atoms with E-state index in [0.717, 1.165) is 0 Å². The molecule has 0 aliphatic rings. The molecule has 0 fully saturated rings. The summed E-state index contributed by atoms with van der Waals surface area (Å²) in [5, 5.41) is 45.2. The van der Waals surface area contributed by atoms with Crippen LogP contribution in [0.2, 0.25) is 0 Å². The number of carbonyl (C=O) groups is 2. The fourth-order valence-electron chi connectivity index (χ4n) is 2.36. The molecule has 0 aromatic rings. The van der Waals surface area contributed by atoms with E-state index in [4.69, 9.17) is 11.6 Å². The molecule has 0 radical (unpaired) electrons. The first-order chi connectivity index (χ1) is 17.6. The summed E-state index contributed by atoms with van der Waals surface area (Å²) in [5.74, 6) is -64.3. The van der Waals surface area contributed by atoms with Gasteiger partial charge in [0.25, 0.3) is 0 Å². The van der Waals surface area contributed by atoms with Gasteiger partial charge in [0.15, 0.2) is 11.9 Å². The first-order valence-electron chi connectivity index (χ1n) is 9.83. The van der Waals surface area contributed by atoms with E-state index in [1.807, 2.05) is 0 Å². The van der Waals surface area contributed by atoms with Gasteiger partial charge in [0.1, 0.15) is 18.3 Å². The summed E-state index contributed by atoms with van der Waals surface area (Å²) < 4.78 is 232. The predicted molar refractivity (Wildman–Crippen MR) is 86.6 cm³/mol. The van der Waals surface area contributed by atoms with E-state index in [0.29, 0.717) is 0 Å². The third kappa shape index (κ3) is 5.75. The van der Waals surface area contributed by atoms with E-state index in [1.54, 1.807) is 0 Å². The van der Waals surface area contributed by atoms with Crippen LogP contribution in [0.15, 0.2) is 0 Å². The standard InChI is InChI=1S/C16H13F17O7/c17-9(18,2-1-3(34)4(35)5(36)6(37)7(38)8(39)40)10(19,20)11(21,22)12(23,24)13(25,26)14(27,28)15(29,30)16(31,32)33/h4-7,35-38H,1-2H2,(H,39,40)/t4-,5+,6+,7-/m0/s1/i2D/t2?,4-,5+,6+,7-. The van der Waals surface area contributed by atoms with Crippen LogP contribution in [0, 0.1) is 0 Å². The molecule has 40 heavy (non-hydrogen) atoms. The van der Waals surface area contributed by atoms with Gasteiger partial charge in [-0.3, -0.25) is 4.79 Å². The first kappa shape index (κ1) is 35.8. The maximum absolute atomic E-state index is 14.0. The molecule has 0 heterocycles. The lowest BCUT2D eigenvalue weighted by Crippen LogP contribution is -2.74. The average molecular weight is 641 g/mol. The van der Waals surface area contributed by atoms with Gasteiger partial charge < -0.3 is 25.5 Å². The Labute approximate surface area is 209 Å². The van der Waals surface area contributed by atoms with Gasteiger partial charge >= 0.3 is 53.6 Å². The van der Waals surface area contributed by atoms with Gasteiger partial charge in [0.05, 0.1) is 0 Å². The van der Waals surface area contributed by atoms with Crippen LogP contribution in [0.5, 0.6) is 0 Å². The molecule has 0 aromatic heterocycles. The maximum atomic E-state index is 14.0. The van der Waals surface area contributed by atoms with E-state index >= 15 is 0 Å². The number of carboxylic acids is 1.